The predicted octanol–water partition coefficient (Wildman–Crippen LogP) is 22.2. The minimum absolute atomic E-state index is 0.0359. The van der Waals surface area contributed by atoms with Gasteiger partial charge in [0.25, 0.3) is 7.82 Å². The van der Waals surface area contributed by atoms with Crippen molar-refractivity contribution in [3.63, 3.8) is 0 Å². The number of quaternary nitrogens is 1. The maximum Gasteiger partial charge on any atom is 0.306 e. The van der Waals surface area contributed by atoms with Crippen molar-refractivity contribution in [2.75, 3.05) is 47.5 Å². The van der Waals surface area contributed by atoms with E-state index in [4.69, 9.17) is 18.5 Å². The van der Waals surface area contributed by atoms with Gasteiger partial charge in [-0.3, -0.25) is 14.2 Å². The fourth-order valence-corrected chi connectivity index (χ4v) is 10.1. The third kappa shape index (κ3) is 69.3. The number of rotatable bonds is 63. The average molecular weight is 1220 g/mol. The fraction of sp³-hybridized carbons (Fsp3) is 0.684. The third-order valence-electron chi connectivity index (χ3n) is 14.7. The third-order valence-corrected chi connectivity index (χ3v) is 15.6. The molecule has 10 heteroatoms. The summed E-state index contributed by atoms with van der Waals surface area (Å²) in [4.78, 5) is 38.1. The topological polar surface area (TPSA) is 111 Å². The Balaban J connectivity index is 4.07. The Kier molecular flexibility index (Phi) is 62.7. The Hall–Kier alpha value is -3.85. The van der Waals surface area contributed by atoms with Gasteiger partial charge < -0.3 is 27.9 Å². The van der Waals surface area contributed by atoms with E-state index in [-0.39, 0.29) is 32.0 Å². The quantitative estimate of drug-likeness (QED) is 0.0195. The van der Waals surface area contributed by atoms with E-state index in [1.54, 1.807) is 0 Å². The molecule has 0 aliphatic rings. The molecule has 0 saturated heterocycles. The van der Waals surface area contributed by atoms with Gasteiger partial charge in [0, 0.05) is 12.8 Å². The van der Waals surface area contributed by atoms with Crippen LogP contribution in [-0.2, 0) is 32.7 Å². The zero-order valence-corrected chi connectivity index (χ0v) is 56.9. The van der Waals surface area contributed by atoms with Crippen molar-refractivity contribution in [3.05, 3.63) is 134 Å². The summed E-state index contributed by atoms with van der Waals surface area (Å²) in [5, 5.41) is 0. The predicted molar refractivity (Wildman–Crippen MR) is 369 cm³/mol. The van der Waals surface area contributed by atoms with Crippen LogP contribution >= 0.6 is 7.82 Å². The molecule has 0 saturated carbocycles. The van der Waals surface area contributed by atoms with Crippen molar-refractivity contribution in [1.29, 1.82) is 0 Å². The zero-order valence-electron chi connectivity index (χ0n) is 56.0. The Labute approximate surface area is 530 Å². The summed E-state index contributed by atoms with van der Waals surface area (Å²) in [6.45, 7) is 4.02. The van der Waals surface area contributed by atoms with Crippen LogP contribution in [0, 0.1) is 0 Å². The van der Waals surface area contributed by atoms with Gasteiger partial charge in [-0.05, 0) is 109 Å². The molecular weight excluding hydrogens is 1090 g/mol. The molecular formula is C76H130NO8P. The van der Waals surface area contributed by atoms with Gasteiger partial charge in [0.1, 0.15) is 19.8 Å². The van der Waals surface area contributed by atoms with Crippen LogP contribution in [0.15, 0.2) is 134 Å². The van der Waals surface area contributed by atoms with Crippen molar-refractivity contribution >= 4 is 19.8 Å². The monoisotopic (exact) mass is 1220 g/mol. The molecule has 492 valence electrons. The van der Waals surface area contributed by atoms with Gasteiger partial charge in [-0.2, -0.15) is 0 Å². The number of unbranched alkanes of at least 4 members (excludes halogenated alkanes) is 27. The van der Waals surface area contributed by atoms with E-state index in [0.29, 0.717) is 17.4 Å². The fourth-order valence-electron chi connectivity index (χ4n) is 9.39. The van der Waals surface area contributed by atoms with Crippen molar-refractivity contribution in [3.8, 4) is 0 Å². The molecule has 0 fully saturated rings. The molecule has 0 radical (unpaired) electrons. The molecule has 0 aromatic carbocycles. The largest absolute Gasteiger partial charge is 0.756 e. The summed E-state index contributed by atoms with van der Waals surface area (Å²) < 4.78 is 34.3. The average Bonchev–Trinajstić information content (AvgIpc) is 3.70. The summed E-state index contributed by atoms with van der Waals surface area (Å²) in [5.41, 5.74) is 0. The normalized spacial score (nSPS) is 14.0. The first kappa shape index (κ1) is 82.1. The summed E-state index contributed by atoms with van der Waals surface area (Å²) >= 11 is 0. The van der Waals surface area contributed by atoms with E-state index < -0.39 is 26.5 Å². The van der Waals surface area contributed by atoms with E-state index in [1.165, 1.54) is 141 Å². The second-order valence-corrected chi connectivity index (χ2v) is 25.5. The van der Waals surface area contributed by atoms with E-state index in [9.17, 15) is 19.0 Å². The highest BCUT2D eigenvalue weighted by Crippen LogP contribution is 2.38. The zero-order chi connectivity index (χ0) is 62.6. The van der Waals surface area contributed by atoms with E-state index in [2.05, 4.69) is 148 Å². The lowest BCUT2D eigenvalue weighted by Crippen LogP contribution is -2.37. The Morgan fingerprint density at radius 3 is 0.930 bits per heavy atom. The second-order valence-electron chi connectivity index (χ2n) is 24.1. The lowest BCUT2D eigenvalue weighted by Gasteiger charge is -2.28. The Morgan fingerprint density at radius 2 is 0.628 bits per heavy atom. The number of ether oxygens (including phenoxy) is 2. The van der Waals surface area contributed by atoms with Gasteiger partial charge in [0.15, 0.2) is 6.10 Å². The van der Waals surface area contributed by atoms with Crippen LogP contribution in [-0.4, -0.2) is 70.0 Å². The van der Waals surface area contributed by atoms with Crippen molar-refractivity contribution in [2.24, 2.45) is 0 Å². The van der Waals surface area contributed by atoms with Crippen molar-refractivity contribution in [1.82, 2.24) is 0 Å². The van der Waals surface area contributed by atoms with Gasteiger partial charge in [0.05, 0.1) is 27.7 Å². The molecule has 0 amide bonds. The van der Waals surface area contributed by atoms with Crippen molar-refractivity contribution in [2.45, 2.75) is 290 Å². The van der Waals surface area contributed by atoms with Crippen LogP contribution in [0.3, 0.4) is 0 Å². The summed E-state index contributed by atoms with van der Waals surface area (Å²) in [6, 6.07) is 0. The number of phosphoric ester groups is 1. The van der Waals surface area contributed by atoms with E-state index >= 15 is 0 Å². The van der Waals surface area contributed by atoms with Gasteiger partial charge >= 0.3 is 11.9 Å². The van der Waals surface area contributed by atoms with Crippen LogP contribution in [0.4, 0.5) is 0 Å². The molecule has 0 aromatic rings. The first-order valence-electron chi connectivity index (χ1n) is 34.9. The highest BCUT2D eigenvalue weighted by Gasteiger charge is 2.22. The molecule has 0 spiro atoms. The number of esters is 2. The van der Waals surface area contributed by atoms with Crippen LogP contribution in [0.2, 0.25) is 0 Å². The first-order valence-corrected chi connectivity index (χ1v) is 36.4. The van der Waals surface area contributed by atoms with E-state index in [1.807, 2.05) is 21.1 Å². The standard InChI is InChI=1S/C76H130NO8P/c1-6-8-10-12-14-16-18-20-22-24-26-28-30-32-34-36-37-38-39-41-43-45-47-49-51-53-55-57-59-61-63-65-67-69-76(79)85-74(73-84-86(80,81)83-71-70-77(3,4)5)72-82-75(78)68-66-64-62-60-58-56-54-52-50-48-46-44-42-40-35-33-31-29-27-25-23-21-19-17-15-13-11-9-7-2/h8-11,14-17,20-23,26-29,32-35,37-38,74H,6-7,12-13,18-19,24-25,30-31,36,39-73H2,1-5H3/b10-8-,11-9-,16-14-,17-15-,22-20-,23-21-,28-26-,29-27-,34-32-,35-33-,38-37-. The molecule has 2 unspecified atom stereocenters. The molecule has 0 aliphatic heterocycles. The SMILES string of the molecule is CC/C=C\C/C=C\C/C=C\C/C=C\C/C=C\C/C=C\CCCCCCCCCCCCCCCCC(=O)OC(COC(=O)CCCCCCCCCCCCCCC/C=C\C/C=C\C/C=C\C/C=C\C/C=C\CC)COP(=O)([O-])OCC[N+](C)(C)C. The number of allylic oxidation sites excluding steroid dienone is 22. The number of likely N-dealkylation sites (N-methyl/N-ethyl adjacent to an activating group) is 1. The minimum Gasteiger partial charge on any atom is -0.756 e. The number of nitrogens with zero attached hydrogens (tertiary/aromatic N) is 1. The van der Waals surface area contributed by atoms with E-state index in [0.717, 1.165) is 109 Å². The van der Waals surface area contributed by atoms with Gasteiger partial charge in [-0.25, -0.2) is 0 Å². The maximum atomic E-state index is 12.9. The summed E-state index contributed by atoms with van der Waals surface area (Å²) in [7, 11) is 1.16. The van der Waals surface area contributed by atoms with Crippen LogP contribution in [0.5, 0.6) is 0 Å². The molecule has 86 heavy (non-hydrogen) atoms. The summed E-state index contributed by atoms with van der Waals surface area (Å²) in [5.74, 6) is -0.834. The van der Waals surface area contributed by atoms with Crippen molar-refractivity contribution < 1.29 is 42.1 Å². The number of phosphoric acid groups is 1. The first-order chi connectivity index (χ1) is 42.0. The minimum atomic E-state index is -4.65. The van der Waals surface area contributed by atoms with Crippen LogP contribution in [0.1, 0.15) is 284 Å². The summed E-state index contributed by atoms with van der Waals surface area (Å²) in [6.07, 6.45) is 95.2. The van der Waals surface area contributed by atoms with Crippen LogP contribution < -0.4 is 4.89 Å². The van der Waals surface area contributed by atoms with Crippen LogP contribution in [0.25, 0.3) is 0 Å². The molecule has 9 nitrogen and oxygen atoms in total. The van der Waals surface area contributed by atoms with Gasteiger partial charge in [0.2, 0.25) is 0 Å². The Morgan fingerprint density at radius 1 is 0.360 bits per heavy atom. The number of hydrogen-bond donors (Lipinski definition) is 0. The molecule has 0 rings (SSSR count). The van der Waals surface area contributed by atoms with Gasteiger partial charge in [-0.15, -0.1) is 0 Å². The highest BCUT2D eigenvalue weighted by atomic mass is 31.2. The number of hydrogen-bond acceptors (Lipinski definition) is 8. The lowest BCUT2D eigenvalue weighted by molar-refractivity contribution is -0.870. The molecule has 0 aromatic heterocycles. The lowest BCUT2D eigenvalue weighted by atomic mass is 10.0. The number of carbonyl (C=O) groups is 2. The van der Waals surface area contributed by atoms with Gasteiger partial charge in [-0.1, -0.05) is 295 Å². The maximum absolute atomic E-state index is 12.9. The Bertz CT molecular complexity index is 1910. The molecule has 0 heterocycles. The molecule has 0 bridgehead atoms. The highest BCUT2D eigenvalue weighted by molar-refractivity contribution is 7.45. The molecule has 0 aliphatic carbocycles. The number of carbonyl (C=O) groups excluding carboxylic acids is 2. The molecule has 0 N–H and O–H groups in total. The molecule has 2 atom stereocenters. The second kappa shape index (κ2) is 65.6. The smallest absolute Gasteiger partial charge is 0.306 e.